The second-order valence-corrected chi connectivity index (χ2v) is 6.40. The van der Waals surface area contributed by atoms with Gasteiger partial charge >= 0.3 is 5.97 Å². The van der Waals surface area contributed by atoms with Crippen molar-refractivity contribution in [1.82, 2.24) is 14.5 Å². The first kappa shape index (κ1) is 15.4. The summed E-state index contributed by atoms with van der Waals surface area (Å²) < 4.78 is 1.44. The van der Waals surface area contributed by atoms with Gasteiger partial charge in [-0.2, -0.15) is 0 Å². The van der Waals surface area contributed by atoms with Crippen LogP contribution >= 0.6 is 11.8 Å². The van der Waals surface area contributed by atoms with Crippen LogP contribution in [-0.4, -0.2) is 30.9 Å². The van der Waals surface area contributed by atoms with E-state index < -0.39 is 11.2 Å². The molecular weight excluding hydrogens is 314 g/mol. The molecule has 2 heterocycles. The summed E-state index contributed by atoms with van der Waals surface area (Å²) in [6.45, 7) is 5.49. The summed E-state index contributed by atoms with van der Waals surface area (Å²) in [6, 6.07) is 7.51. The molecule has 0 aliphatic carbocycles. The van der Waals surface area contributed by atoms with Crippen molar-refractivity contribution < 1.29 is 9.90 Å². The van der Waals surface area contributed by atoms with Crippen LogP contribution in [0.25, 0.3) is 21.9 Å². The van der Waals surface area contributed by atoms with E-state index in [-0.39, 0.29) is 12.1 Å². The third kappa shape index (κ3) is 2.63. The molecule has 0 bridgehead atoms. The number of allylic oxidation sites excluding steroid dienone is 1. The van der Waals surface area contributed by atoms with Gasteiger partial charge in [-0.15, -0.1) is 6.58 Å². The van der Waals surface area contributed by atoms with Crippen LogP contribution < -0.4 is 5.56 Å². The SMILES string of the molecule is C=CCn1c(SC(C)C(=O)O)nc2c([nH]c3ccccc32)c1=O. The zero-order valence-corrected chi connectivity index (χ0v) is 13.3. The van der Waals surface area contributed by atoms with Gasteiger partial charge in [-0.1, -0.05) is 36.0 Å². The van der Waals surface area contributed by atoms with Crippen LogP contribution in [0, 0.1) is 0 Å². The molecule has 2 aromatic heterocycles. The number of nitrogens with one attached hydrogen (secondary N) is 1. The second kappa shape index (κ2) is 5.92. The van der Waals surface area contributed by atoms with E-state index in [2.05, 4.69) is 16.5 Å². The molecule has 1 aromatic carbocycles. The van der Waals surface area contributed by atoms with Crippen LogP contribution in [0.2, 0.25) is 0 Å². The Kier molecular flexibility index (Phi) is 3.96. The van der Waals surface area contributed by atoms with E-state index >= 15 is 0 Å². The number of para-hydroxylation sites is 1. The number of benzene rings is 1. The maximum absolute atomic E-state index is 12.7. The minimum absolute atomic E-state index is 0.230. The second-order valence-electron chi connectivity index (χ2n) is 5.09. The van der Waals surface area contributed by atoms with Crippen molar-refractivity contribution >= 4 is 39.7 Å². The molecule has 0 spiro atoms. The molecule has 6 nitrogen and oxygen atoms in total. The quantitative estimate of drug-likeness (QED) is 0.427. The number of carboxylic acid groups (broad SMARTS) is 1. The standard InChI is InChI=1S/C16H15N3O3S/c1-3-8-19-14(20)13-12(10-6-4-5-7-11(10)17-13)18-16(19)23-9(2)15(21)22/h3-7,9,17H,1,8H2,2H3,(H,21,22). The number of aliphatic carboxylic acids is 1. The average Bonchev–Trinajstić information content (AvgIpc) is 2.90. The van der Waals surface area contributed by atoms with Crippen molar-refractivity contribution in [2.24, 2.45) is 0 Å². The fourth-order valence-electron chi connectivity index (χ4n) is 2.36. The molecule has 3 aromatic rings. The van der Waals surface area contributed by atoms with Crippen LogP contribution in [0.15, 0.2) is 46.9 Å². The number of carboxylic acids is 1. The molecule has 0 radical (unpaired) electrons. The van der Waals surface area contributed by atoms with E-state index in [1.165, 1.54) is 4.57 Å². The summed E-state index contributed by atoms with van der Waals surface area (Å²) in [4.78, 5) is 31.5. The highest BCUT2D eigenvalue weighted by atomic mass is 32.2. The smallest absolute Gasteiger partial charge is 0.316 e. The van der Waals surface area contributed by atoms with Crippen molar-refractivity contribution in [2.75, 3.05) is 0 Å². The predicted molar refractivity (Wildman–Crippen MR) is 91.0 cm³/mol. The van der Waals surface area contributed by atoms with E-state index in [9.17, 15) is 9.59 Å². The predicted octanol–water partition coefficient (Wildman–Crippen LogP) is 2.63. The first-order valence-electron chi connectivity index (χ1n) is 7.04. The lowest BCUT2D eigenvalue weighted by Crippen LogP contribution is -2.24. The van der Waals surface area contributed by atoms with Gasteiger partial charge in [0.25, 0.3) is 5.56 Å². The zero-order chi connectivity index (χ0) is 16.6. The number of rotatable bonds is 5. The highest BCUT2D eigenvalue weighted by Gasteiger charge is 2.20. The molecule has 0 saturated heterocycles. The molecule has 0 aliphatic heterocycles. The fraction of sp³-hybridized carbons (Fsp3) is 0.188. The largest absolute Gasteiger partial charge is 0.480 e. The van der Waals surface area contributed by atoms with Gasteiger partial charge in [-0.25, -0.2) is 4.98 Å². The number of nitrogens with zero attached hydrogens (tertiary/aromatic N) is 2. The summed E-state index contributed by atoms with van der Waals surface area (Å²) in [5.41, 5.74) is 1.57. The van der Waals surface area contributed by atoms with E-state index in [1.807, 2.05) is 24.3 Å². The normalized spacial score (nSPS) is 12.6. The van der Waals surface area contributed by atoms with Crippen molar-refractivity contribution in [1.29, 1.82) is 0 Å². The number of hydrogen-bond donors (Lipinski definition) is 2. The van der Waals surface area contributed by atoms with Gasteiger partial charge in [0.1, 0.15) is 16.3 Å². The number of hydrogen-bond acceptors (Lipinski definition) is 4. The molecule has 23 heavy (non-hydrogen) atoms. The Morgan fingerprint density at radius 2 is 2.26 bits per heavy atom. The Morgan fingerprint density at radius 3 is 2.96 bits per heavy atom. The molecular formula is C16H15N3O3S. The van der Waals surface area contributed by atoms with Crippen LogP contribution in [0.3, 0.4) is 0 Å². The maximum Gasteiger partial charge on any atom is 0.316 e. The molecule has 3 rings (SSSR count). The lowest BCUT2D eigenvalue weighted by Gasteiger charge is -2.12. The minimum atomic E-state index is -0.951. The molecule has 0 aliphatic rings. The van der Waals surface area contributed by atoms with E-state index in [1.54, 1.807) is 13.0 Å². The third-order valence-corrected chi connectivity index (χ3v) is 4.60. The number of carbonyl (C=O) groups is 1. The summed E-state index contributed by atoms with van der Waals surface area (Å²) in [6.07, 6.45) is 1.59. The van der Waals surface area contributed by atoms with E-state index in [0.717, 1.165) is 22.7 Å². The topological polar surface area (TPSA) is 88.0 Å². The fourth-order valence-corrected chi connectivity index (χ4v) is 3.21. The van der Waals surface area contributed by atoms with Crippen LogP contribution in [0.5, 0.6) is 0 Å². The highest BCUT2D eigenvalue weighted by molar-refractivity contribution is 8.00. The highest BCUT2D eigenvalue weighted by Crippen LogP contribution is 2.26. The van der Waals surface area contributed by atoms with E-state index in [4.69, 9.17) is 5.11 Å². The molecule has 0 fully saturated rings. The Bertz CT molecular complexity index is 974. The van der Waals surface area contributed by atoms with Gasteiger partial charge in [0, 0.05) is 17.4 Å². The lowest BCUT2D eigenvalue weighted by atomic mass is 10.2. The molecule has 7 heteroatoms. The van der Waals surface area contributed by atoms with Gasteiger partial charge < -0.3 is 10.1 Å². The minimum Gasteiger partial charge on any atom is -0.480 e. The Hall–Kier alpha value is -2.54. The monoisotopic (exact) mass is 329 g/mol. The van der Waals surface area contributed by atoms with E-state index in [0.29, 0.717) is 16.2 Å². The van der Waals surface area contributed by atoms with Crippen LogP contribution in [-0.2, 0) is 11.3 Å². The number of aromatic amines is 1. The number of aromatic nitrogens is 3. The van der Waals surface area contributed by atoms with Gasteiger partial charge in [-0.05, 0) is 13.0 Å². The first-order chi connectivity index (χ1) is 11.0. The van der Waals surface area contributed by atoms with Gasteiger partial charge in [-0.3, -0.25) is 14.2 Å². The van der Waals surface area contributed by atoms with Crippen molar-refractivity contribution in [3.8, 4) is 0 Å². The molecule has 2 N–H and O–H groups in total. The van der Waals surface area contributed by atoms with Crippen LogP contribution in [0.4, 0.5) is 0 Å². The Balaban J connectivity index is 2.30. The average molecular weight is 329 g/mol. The first-order valence-corrected chi connectivity index (χ1v) is 7.92. The molecule has 1 unspecified atom stereocenters. The summed E-state index contributed by atoms with van der Waals surface area (Å²) in [5.74, 6) is -0.951. The maximum atomic E-state index is 12.7. The van der Waals surface area contributed by atoms with Crippen molar-refractivity contribution in [3.63, 3.8) is 0 Å². The zero-order valence-electron chi connectivity index (χ0n) is 12.4. The lowest BCUT2D eigenvalue weighted by molar-refractivity contribution is -0.136. The van der Waals surface area contributed by atoms with Gasteiger partial charge in [0.05, 0.1) is 0 Å². The Labute approximate surface area is 135 Å². The van der Waals surface area contributed by atoms with Gasteiger partial charge in [0.2, 0.25) is 0 Å². The van der Waals surface area contributed by atoms with Crippen LogP contribution in [0.1, 0.15) is 6.92 Å². The number of fused-ring (bicyclic) bond motifs is 3. The molecule has 0 amide bonds. The summed E-state index contributed by atoms with van der Waals surface area (Å²) in [7, 11) is 0. The number of H-pyrrole nitrogens is 1. The molecule has 118 valence electrons. The third-order valence-electron chi connectivity index (χ3n) is 3.52. The Morgan fingerprint density at radius 1 is 1.52 bits per heavy atom. The van der Waals surface area contributed by atoms with Crippen molar-refractivity contribution in [3.05, 3.63) is 47.3 Å². The van der Waals surface area contributed by atoms with Gasteiger partial charge in [0.15, 0.2) is 5.16 Å². The summed E-state index contributed by atoms with van der Waals surface area (Å²) >= 11 is 1.05. The number of thioether (sulfide) groups is 1. The summed E-state index contributed by atoms with van der Waals surface area (Å²) in [5, 5.41) is 9.63. The molecule has 0 saturated carbocycles. The molecule has 1 atom stereocenters. The van der Waals surface area contributed by atoms with Crippen molar-refractivity contribution in [2.45, 2.75) is 23.9 Å².